The largest absolute Gasteiger partial charge is 0.490 e. The number of halogens is 1. The van der Waals surface area contributed by atoms with E-state index in [1.807, 2.05) is 43.3 Å². The summed E-state index contributed by atoms with van der Waals surface area (Å²) in [6.07, 6.45) is 0.497. The lowest BCUT2D eigenvalue weighted by atomic mass is 10.2. The quantitative estimate of drug-likeness (QED) is 0.236. The van der Waals surface area contributed by atoms with Gasteiger partial charge in [0.1, 0.15) is 0 Å². The summed E-state index contributed by atoms with van der Waals surface area (Å²) >= 11 is 2.06. The van der Waals surface area contributed by atoms with Crippen LogP contribution in [0.5, 0.6) is 11.5 Å². The molecule has 1 aromatic heterocycles. The maximum atomic E-state index is 13.3. The van der Waals surface area contributed by atoms with Crippen LogP contribution in [-0.2, 0) is 4.79 Å². The fourth-order valence-corrected chi connectivity index (χ4v) is 4.15. The van der Waals surface area contributed by atoms with Crippen LogP contribution in [0.3, 0.4) is 0 Å². The minimum Gasteiger partial charge on any atom is -0.490 e. The first kappa shape index (κ1) is 24.4. The van der Waals surface area contributed by atoms with Crippen LogP contribution in [-0.4, -0.2) is 39.7 Å². The molecule has 35 heavy (non-hydrogen) atoms. The number of rotatable bonds is 8. The van der Waals surface area contributed by atoms with Crippen molar-refractivity contribution in [3.8, 4) is 22.9 Å². The van der Waals surface area contributed by atoms with E-state index in [1.54, 1.807) is 36.5 Å². The summed E-state index contributed by atoms with van der Waals surface area (Å²) in [5, 5.41) is 14.2. The summed E-state index contributed by atoms with van der Waals surface area (Å²) in [6.45, 7) is 3.64. The first-order valence-electron chi connectivity index (χ1n) is 10.9. The number of hydrogen-bond acceptors (Lipinski definition) is 6. The summed E-state index contributed by atoms with van der Waals surface area (Å²) < 4.78 is 13.2. The highest BCUT2D eigenvalue weighted by Crippen LogP contribution is 2.34. The predicted octanol–water partition coefficient (Wildman–Crippen LogP) is 4.80. The number of carboxylic acids is 1. The standard InChI is InChI=1S/C26H22IN3O5/c1-3-34-22-14-17(13-20(27)23(22)35-16(2)26(32)33)15-28-30-24(18-9-5-4-6-10-18)29-21-12-8-7-11-19(21)25(30)31/h4-16H,3H2,1-2H3,(H,32,33)/t16-/m1/s1. The first-order valence-corrected chi connectivity index (χ1v) is 11.9. The molecule has 1 atom stereocenters. The second-order valence-electron chi connectivity index (χ2n) is 7.54. The first-order chi connectivity index (χ1) is 16.9. The van der Waals surface area contributed by atoms with Crippen LogP contribution < -0.4 is 15.0 Å². The molecule has 0 saturated heterocycles. The van der Waals surface area contributed by atoms with Gasteiger partial charge in [-0.1, -0.05) is 42.5 Å². The number of fused-ring (bicyclic) bond motifs is 1. The fraction of sp³-hybridized carbons (Fsp3) is 0.154. The van der Waals surface area contributed by atoms with Crippen molar-refractivity contribution in [2.45, 2.75) is 20.0 Å². The maximum absolute atomic E-state index is 13.3. The molecule has 0 aliphatic rings. The third kappa shape index (κ3) is 5.35. The van der Waals surface area contributed by atoms with E-state index < -0.39 is 12.1 Å². The molecule has 0 amide bonds. The number of para-hydroxylation sites is 1. The van der Waals surface area contributed by atoms with Gasteiger partial charge in [-0.3, -0.25) is 4.79 Å². The zero-order chi connectivity index (χ0) is 24.9. The second kappa shape index (κ2) is 10.7. The van der Waals surface area contributed by atoms with Gasteiger partial charge < -0.3 is 14.6 Å². The predicted molar refractivity (Wildman–Crippen MR) is 142 cm³/mol. The average molecular weight is 583 g/mol. The van der Waals surface area contributed by atoms with E-state index in [1.165, 1.54) is 11.6 Å². The molecular weight excluding hydrogens is 561 g/mol. The van der Waals surface area contributed by atoms with Gasteiger partial charge in [0.2, 0.25) is 0 Å². The number of benzene rings is 3. The Morgan fingerprint density at radius 3 is 2.60 bits per heavy atom. The van der Waals surface area contributed by atoms with Gasteiger partial charge in [0.15, 0.2) is 23.4 Å². The van der Waals surface area contributed by atoms with Gasteiger partial charge in [0.05, 0.1) is 27.3 Å². The summed E-state index contributed by atoms with van der Waals surface area (Å²) in [6, 6.07) is 20.0. The average Bonchev–Trinajstić information content (AvgIpc) is 2.86. The molecule has 4 aromatic rings. The Balaban J connectivity index is 1.82. The van der Waals surface area contributed by atoms with Gasteiger partial charge in [-0.15, -0.1) is 0 Å². The molecule has 0 unspecified atom stereocenters. The number of aromatic nitrogens is 2. The van der Waals surface area contributed by atoms with Crippen LogP contribution in [0.25, 0.3) is 22.3 Å². The van der Waals surface area contributed by atoms with Crippen molar-refractivity contribution in [3.63, 3.8) is 0 Å². The third-order valence-electron chi connectivity index (χ3n) is 5.08. The van der Waals surface area contributed by atoms with Crippen molar-refractivity contribution in [3.05, 3.63) is 86.2 Å². The summed E-state index contributed by atoms with van der Waals surface area (Å²) in [7, 11) is 0. The topological polar surface area (TPSA) is 103 Å². The van der Waals surface area contributed by atoms with Crippen LogP contribution >= 0.6 is 22.6 Å². The second-order valence-corrected chi connectivity index (χ2v) is 8.70. The highest BCUT2D eigenvalue weighted by Gasteiger charge is 2.19. The minimum absolute atomic E-state index is 0.291. The summed E-state index contributed by atoms with van der Waals surface area (Å²) in [5.41, 5.74) is 1.70. The number of hydrogen-bond donors (Lipinski definition) is 1. The number of carboxylic acid groups (broad SMARTS) is 1. The Hall–Kier alpha value is -3.73. The lowest BCUT2D eigenvalue weighted by Gasteiger charge is -2.17. The van der Waals surface area contributed by atoms with Gasteiger partial charge in [-0.25, -0.2) is 9.78 Å². The number of nitrogens with zero attached hydrogens (tertiary/aromatic N) is 3. The monoisotopic (exact) mass is 583 g/mol. The maximum Gasteiger partial charge on any atom is 0.344 e. The molecule has 0 aliphatic carbocycles. The highest BCUT2D eigenvalue weighted by molar-refractivity contribution is 14.1. The SMILES string of the molecule is CCOc1cc(C=Nn2c(-c3ccccc3)nc3ccccc3c2=O)cc(I)c1O[C@H](C)C(=O)O. The Labute approximate surface area is 215 Å². The third-order valence-corrected chi connectivity index (χ3v) is 5.88. The van der Waals surface area contributed by atoms with Crippen LogP contribution in [0.15, 0.2) is 76.6 Å². The van der Waals surface area contributed by atoms with Gasteiger partial charge in [-0.05, 0) is 66.3 Å². The van der Waals surface area contributed by atoms with Crippen LogP contribution in [0.1, 0.15) is 19.4 Å². The Kier molecular flexibility index (Phi) is 7.45. The van der Waals surface area contributed by atoms with Crippen molar-refractivity contribution in [1.29, 1.82) is 0 Å². The molecule has 1 N–H and O–H groups in total. The number of ether oxygens (including phenoxy) is 2. The minimum atomic E-state index is -1.08. The number of aliphatic carboxylic acids is 1. The molecule has 1 heterocycles. The molecule has 0 saturated carbocycles. The van der Waals surface area contributed by atoms with Crippen molar-refractivity contribution >= 4 is 45.7 Å². The lowest BCUT2D eigenvalue weighted by Crippen LogP contribution is -2.23. The van der Waals surface area contributed by atoms with E-state index in [0.29, 0.717) is 44.0 Å². The van der Waals surface area contributed by atoms with Crippen molar-refractivity contribution in [2.75, 3.05) is 6.61 Å². The van der Waals surface area contributed by atoms with Crippen molar-refractivity contribution in [1.82, 2.24) is 9.66 Å². The molecular formula is C26H22IN3O5. The summed E-state index contributed by atoms with van der Waals surface area (Å²) in [5.74, 6) is 0.0706. The van der Waals surface area contributed by atoms with E-state index in [4.69, 9.17) is 14.5 Å². The van der Waals surface area contributed by atoms with E-state index in [-0.39, 0.29) is 5.56 Å². The molecule has 0 spiro atoms. The normalized spacial score (nSPS) is 12.1. The highest BCUT2D eigenvalue weighted by atomic mass is 127. The molecule has 9 heteroatoms. The molecule has 178 valence electrons. The zero-order valence-corrected chi connectivity index (χ0v) is 21.2. The van der Waals surface area contributed by atoms with Crippen LogP contribution in [0.4, 0.5) is 0 Å². The molecule has 0 fully saturated rings. The summed E-state index contributed by atoms with van der Waals surface area (Å²) in [4.78, 5) is 29.3. The zero-order valence-electron chi connectivity index (χ0n) is 19.0. The van der Waals surface area contributed by atoms with Crippen molar-refractivity contribution < 1.29 is 19.4 Å². The molecule has 0 aliphatic heterocycles. The van der Waals surface area contributed by atoms with Crippen LogP contribution in [0, 0.1) is 3.57 Å². The van der Waals surface area contributed by atoms with Gasteiger partial charge >= 0.3 is 5.97 Å². The molecule has 3 aromatic carbocycles. The van der Waals surface area contributed by atoms with Crippen LogP contribution in [0.2, 0.25) is 0 Å². The lowest BCUT2D eigenvalue weighted by molar-refractivity contribution is -0.144. The fourth-order valence-electron chi connectivity index (χ4n) is 3.40. The van der Waals surface area contributed by atoms with Gasteiger partial charge in [0, 0.05) is 5.56 Å². The van der Waals surface area contributed by atoms with Gasteiger partial charge in [-0.2, -0.15) is 9.78 Å². The molecule has 4 rings (SSSR count). The Morgan fingerprint density at radius 2 is 1.89 bits per heavy atom. The van der Waals surface area contributed by atoms with E-state index >= 15 is 0 Å². The van der Waals surface area contributed by atoms with Gasteiger partial charge in [0.25, 0.3) is 5.56 Å². The molecule has 8 nitrogen and oxygen atoms in total. The van der Waals surface area contributed by atoms with E-state index in [0.717, 1.165) is 5.56 Å². The Bertz CT molecular complexity index is 1470. The van der Waals surface area contributed by atoms with E-state index in [9.17, 15) is 14.7 Å². The smallest absolute Gasteiger partial charge is 0.344 e. The van der Waals surface area contributed by atoms with E-state index in [2.05, 4.69) is 27.7 Å². The number of carbonyl (C=O) groups is 1. The Morgan fingerprint density at radius 1 is 1.17 bits per heavy atom. The molecule has 0 radical (unpaired) electrons. The van der Waals surface area contributed by atoms with Crippen molar-refractivity contribution in [2.24, 2.45) is 5.10 Å². The molecule has 0 bridgehead atoms.